The number of nitrogens with zero attached hydrogens (tertiary/aromatic N) is 1. The molecule has 0 aliphatic carbocycles. The minimum absolute atomic E-state index is 0.0757. The van der Waals surface area contributed by atoms with Crippen LogP contribution in [0.1, 0.15) is 35.6 Å². The summed E-state index contributed by atoms with van der Waals surface area (Å²) in [6.07, 6.45) is 0.880. The maximum atomic E-state index is 14.1. The van der Waals surface area contributed by atoms with Crippen LogP contribution in [0.25, 0.3) is 0 Å². The van der Waals surface area contributed by atoms with Gasteiger partial charge in [0.15, 0.2) is 11.6 Å². The van der Waals surface area contributed by atoms with Crippen molar-refractivity contribution >= 4 is 43.7 Å². The molecule has 1 aliphatic heterocycles. The summed E-state index contributed by atoms with van der Waals surface area (Å²) < 4.78 is 19.2. The van der Waals surface area contributed by atoms with E-state index in [-0.39, 0.29) is 12.5 Å². The number of nitrogens with one attached hydrogen (secondary N) is 1. The number of benzene rings is 3. The Balaban J connectivity index is 1.77. The minimum atomic E-state index is -1.27. The number of carbonyl (C=O) groups excluding carboxylic acids is 1. The zero-order valence-corrected chi connectivity index (χ0v) is 24.9. The van der Waals surface area contributed by atoms with E-state index < -0.39 is 11.6 Å². The summed E-state index contributed by atoms with van der Waals surface area (Å²) >= 11 is 7.33. The fourth-order valence-electron chi connectivity index (χ4n) is 4.45. The molecule has 0 spiro atoms. The van der Waals surface area contributed by atoms with E-state index in [0.717, 1.165) is 25.6 Å². The largest absolute Gasteiger partial charge is 0.494 e. The van der Waals surface area contributed by atoms with Gasteiger partial charge in [-0.3, -0.25) is 4.79 Å². The van der Waals surface area contributed by atoms with E-state index in [1.165, 1.54) is 0 Å². The van der Waals surface area contributed by atoms with Crippen molar-refractivity contribution in [1.82, 2.24) is 5.32 Å². The lowest BCUT2D eigenvalue weighted by Crippen LogP contribution is -2.50. The van der Waals surface area contributed by atoms with Crippen molar-refractivity contribution in [1.29, 1.82) is 0 Å². The lowest BCUT2D eigenvalue weighted by molar-refractivity contribution is -0.129. The Labute approximate surface area is 245 Å². The van der Waals surface area contributed by atoms with E-state index in [1.807, 2.05) is 72.8 Å². The predicted octanol–water partition coefficient (Wildman–Crippen LogP) is 5.63. The van der Waals surface area contributed by atoms with Crippen LogP contribution in [0.4, 0.5) is 0 Å². The average Bonchev–Trinajstić information content (AvgIpc) is 3.33. The van der Waals surface area contributed by atoms with Crippen LogP contribution in [0, 0.1) is 0 Å². The van der Waals surface area contributed by atoms with Gasteiger partial charge in [0.1, 0.15) is 5.75 Å². The highest BCUT2D eigenvalue weighted by Gasteiger charge is 2.53. The second-order valence-corrected chi connectivity index (χ2v) is 10.9. The van der Waals surface area contributed by atoms with E-state index in [2.05, 4.69) is 37.2 Å². The lowest BCUT2D eigenvalue weighted by Gasteiger charge is -2.31. The predicted molar refractivity (Wildman–Crippen MR) is 158 cm³/mol. The average molecular weight is 660 g/mol. The van der Waals surface area contributed by atoms with E-state index >= 15 is 0 Å². The van der Waals surface area contributed by atoms with Crippen molar-refractivity contribution in [3.05, 3.63) is 98.4 Å². The monoisotopic (exact) mass is 658 g/mol. The van der Waals surface area contributed by atoms with E-state index in [0.29, 0.717) is 50.7 Å². The van der Waals surface area contributed by atoms with Crippen LogP contribution in [0.15, 0.2) is 86.7 Å². The quantitative estimate of drug-likeness (QED) is 0.233. The highest BCUT2D eigenvalue weighted by atomic mass is 79.9. The molecule has 0 unspecified atom stereocenters. The third-order valence-electron chi connectivity index (χ3n) is 6.45. The lowest BCUT2D eigenvalue weighted by atomic mass is 9.82. The van der Waals surface area contributed by atoms with Gasteiger partial charge in [-0.1, -0.05) is 68.3 Å². The number of carbonyl (C=O) groups is 1. The third-order valence-corrected chi connectivity index (χ3v) is 7.94. The summed E-state index contributed by atoms with van der Waals surface area (Å²) in [4.78, 5) is 19.2. The number of aliphatic hydroxyl groups excluding tert-OH is 1. The van der Waals surface area contributed by atoms with Gasteiger partial charge in [0, 0.05) is 59.8 Å². The van der Waals surface area contributed by atoms with Gasteiger partial charge in [-0.15, -0.1) is 0 Å². The number of ether oxygens (including phenoxy) is 3. The zero-order valence-electron chi connectivity index (χ0n) is 21.7. The smallest absolute Gasteiger partial charge is 0.252 e. The number of methoxy groups -OCH3 is 1. The summed E-state index contributed by atoms with van der Waals surface area (Å²) in [5.74, 6) is 0.856. The van der Waals surface area contributed by atoms with E-state index in [4.69, 9.17) is 24.3 Å². The Hall–Kier alpha value is -2.72. The molecule has 1 amide bonds. The van der Waals surface area contributed by atoms with Crippen molar-refractivity contribution in [2.75, 3.05) is 33.5 Å². The second-order valence-electron chi connectivity index (χ2n) is 9.18. The molecule has 7 nitrogen and oxygen atoms in total. The van der Waals surface area contributed by atoms with E-state index in [9.17, 15) is 4.79 Å². The fourth-order valence-corrected chi connectivity index (χ4v) is 5.37. The van der Waals surface area contributed by atoms with Crippen LogP contribution in [0.5, 0.6) is 5.75 Å². The number of hydrogen-bond acceptors (Lipinski definition) is 6. The van der Waals surface area contributed by atoms with E-state index in [1.54, 1.807) is 7.11 Å². The molecule has 0 aromatic heterocycles. The molecule has 0 radical (unpaired) electrons. The Morgan fingerprint density at radius 1 is 1.00 bits per heavy atom. The van der Waals surface area contributed by atoms with Gasteiger partial charge >= 0.3 is 0 Å². The van der Waals surface area contributed by atoms with Crippen molar-refractivity contribution in [2.45, 2.75) is 30.9 Å². The molecular weight excluding hydrogens is 628 g/mol. The molecule has 0 bridgehead atoms. The van der Waals surface area contributed by atoms with Crippen LogP contribution in [0.3, 0.4) is 0 Å². The molecule has 1 aliphatic rings. The summed E-state index contributed by atoms with van der Waals surface area (Å²) in [5.41, 5.74) is 1.25. The Kier molecular flexibility index (Phi) is 10.6. The molecule has 3 aromatic carbocycles. The summed E-state index contributed by atoms with van der Waals surface area (Å²) in [6, 6.07) is 23.0. The molecular formula is C30H32Br2N2O5. The molecule has 4 rings (SSSR count). The van der Waals surface area contributed by atoms with Crippen molar-refractivity contribution < 1.29 is 24.1 Å². The number of hydrogen-bond donors (Lipinski definition) is 2. The molecule has 2 N–H and O–H groups in total. The first-order valence-corrected chi connectivity index (χ1v) is 14.4. The summed E-state index contributed by atoms with van der Waals surface area (Å²) in [6.45, 7) is 1.50. The minimum Gasteiger partial charge on any atom is -0.494 e. The molecule has 2 atom stereocenters. The highest BCUT2D eigenvalue weighted by Crippen LogP contribution is 2.45. The van der Waals surface area contributed by atoms with Crippen molar-refractivity contribution in [2.24, 2.45) is 4.99 Å². The maximum absolute atomic E-state index is 14.1. The normalized spacial score (nSPS) is 18.4. The van der Waals surface area contributed by atoms with Crippen LogP contribution in [-0.4, -0.2) is 55.9 Å². The van der Waals surface area contributed by atoms with Crippen LogP contribution < -0.4 is 10.1 Å². The first kappa shape index (κ1) is 29.3. The van der Waals surface area contributed by atoms with Gasteiger partial charge in [-0.2, -0.15) is 0 Å². The maximum Gasteiger partial charge on any atom is 0.252 e. The number of aliphatic hydroxyl groups is 1. The molecule has 0 saturated carbocycles. The molecule has 3 aromatic rings. The molecule has 206 valence electrons. The SMILES string of the molecule is COCCCNC(=O)[C@]1(Cc2ccccc2Br)N=C(c2ccc(OCCCO)cc2)O[C@@H]1c1ccccc1Br. The Morgan fingerprint density at radius 3 is 2.41 bits per heavy atom. The summed E-state index contributed by atoms with van der Waals surface area (Å²) in [7, 11) is 1.64. The van der Waals surface area contributed by atoms with Gasteiger partial charge < -0.3 is 24.6 Å². The van der Waals surface area contributed by atoms with Gasteiger partial charge in [0.25, 0.3) is 5.91 Å². The molecule has 1 heterocycles. The zero-order chi connectivity index (χ0) is 27.7. The Morgan fingerprint density at radius 2 is 1.72 bits per heavy atom. The molecule has 0 saturated heterocycles. The van der Waals surface area contributed by atoms with Gasteiger partial charge in [-0.25, -0.2) is 4.99 Å². The van der Waals surface area contributed by atoms with Crippen LogP contribution in [-0.2, 0) is 20.7 Å². The fraction of sp³-hybridized carbons (Fsp3) is 0.333. The third kappa shape index (κ3) is 7.08. The van der Waals surface area contributed by atoms with Gasteiger partial charge in [0.2, 0.25) is 5.90 Å². The second kappa shape index (κ2) is 14.1. The molecule has 39 heavy (non-hydrogen) atoms. The van der Waals surface area contributed by atoms with Gasteiger partial charge in [0.05, 0.1) is 6.61 Å². The number of amides is 1. The number of rotatable bonds is 13. The van der Waals surface area contributed by atoms with Crippen LogP contribution in [0.2, 0.25) is 0 Å². The van der Waals surface area contributed by atoms with Crippen molar-refractivity contribution in [3.63, 3.8) is 0 Å². The first-order chi connectivity index (χ1) is 19.0. The van der Waals surface area contributed by atoms with Gasteiger partial charge in [-0.05, 0) is 48.4 Å². The topological polar surface area (TPSA) is 89.4 Å². The molecule has 0 fully saturated rings. The van der Waals surface area contributed by atoms with Crippen molar-refractivity contribution in [3.8, 4) is 5.75 Å². The number of aliphatic imine (C=N–C) groups is 1. The highest BCUT2D eigenvalue weighted by molar-refractivity contribution is 9.10. The first-order valence-electron chi connectivity index (χ1n) is 12.8. The number of halogens is 2. The van der Waals surface area contributed by atoms with Crippen LogP contribution >= 0.6 is 31.9 Å². The molecule has 9 heteroatoms. The standard InChI is InChI=1S/C30H32Br2N2O5/c1-37-18-6-16-33-29(36)30(20-22-8-2-4-10-25(22)31)27(24-9-3-5-11-26(24)32)39-28(34-30)21-12-14-23(15-13-21)38-19-7-17-35/h2-5,8-15,27,35H,6-7,16-20H2,1H3,(H,33,36)/t27-,30-/m1/s1. The summed E-state index contributed by atoms with van der Waals surface area (Å²) in [5, 5.41) is 12.1. The Bertz CT molecular complexity index is 1280.